The Balaban J connectivity index is 2.43. The highest BCUT2D eigenvalue weighted by Crippen LogP contribution is 2.49. The molecule has 1 aromatic rings. The molecule has 112 valence electrons. The Labute approximate surface area is 117 Å². The first kappa shape index (κ1) is 15.3. The molecule has 0 spiro atoms. The van der Waals surface area contributed by atoms with Crippen molar-refractivity contribution in [2.24, 2.45) is 0 Å². The lowest BCUT2D eigenvalue weighted by atomic mass is 10.3. The number of nitrogen functional groups attached to an aromatic ring is 1. The van der Waals surface area contributed by atoms with E-state index in [1.807, 2.05) is 0 Å². The second-order valence-corrected chi connectivity index (χ2v) is 6.56. The van der Waals surface area contributed by atoms with Crippen LogP contribution in [0.5, 0.6) is 0 Å². The second kappa shape index (κ2) is 4.47. The van der Waals surface area contributed by atoms with Crippen LogP contribution in [0.25, 0.3) is 0 Å². The van der Waals surface area contributed by atoms with Crippen molar-refractivity contribution in [2.45, 2.75) is 29.5 Å². The van der Waals surface area contributed by atoms with Gasteiger partial charge in [0.25, 0.3) is 0 Å². The maximum absolute atomic E-state index is 13.7. The number of rotatable bonds is 3. The molecule has 0 aliphatic heterocycles. The van der Waals surface area contributed by atoms with Crippen molar-refractivity contribution >= 4 is 27.3 Å². The van der Waals surface area contributed by atoms with Gasteiger partial charge in [0.15, 0.2) is 5.82 Å². The van der Waals surface area contributed by atoms with E-state index in [0.29, 0.717) is 0 Å². The van der Waals surface area contributed by atoms with Crippen LogP contribution < -0.4 is 10.5 Å². The van der Waals surface area contributed by atoms with E-state index in [0.717, 1.165) is 12.1 Å². The number of benzene rings is 1. The fourth-order valence-corrected chi connectivity index (χ4v) is 3.53. The Morgan fingerprint density at radius 3 is 2.30 bits per heavy atom. The summed E-state index contributed by atoms with van der Waals surface area (Å²) < 4.78 is 77.1. The van der Waals surface area contributed by atoms with Crippen molar-refractivity contribution in [3.63, 3.8) is 0 Å². The Morgan fingerprint density at radius 2 is 1.85 bits per heavy atom. The van der Waals surface area contributed by atoms with Crippen molar-refractivity contribution in [3.05, 3.63) is 23.0 Å². The molecule has 0 bridgehead atoms. The van der Waals surface area contributed by atoms with Crippen molar-refractivity contribution in [2.75, 3.05) is 5.73 Å². The van der Waals surface area contributed by atoms with E-state index >= 15 is 0 Å². The number of nitrogens with two attached hydrogens (primary N) is 1. The molecule has 0 aromatic heterocycles. The summed E-state index contributed by atoms with van der Waals surface area (Å²) in [6.07, 6.45) is -5.54. The maximum atomic E-state index is 13.7. The van der Waals surface area contributed by atoms with Crippen LogP contribution in [-0.4, -0.2) is 20.1 Å². The molecule has 1 saturated carbocycles. The molecular formula is C10H9ClF4N2O2S. The smallest absolute Gasteiger partial charge is 0.399 e. The van der Waals surface area contributed by atoms with Gasteiger partial charge in [-0.1, -0.05) is 11.6 Å². The molecule has 0 radical (unpaired) electrons. The van der Waals surface area contributed by atoms with Crippen LogP contribution in [0, 0.1) is 5.82 Å². The van der Waals surface area contributed by atoms with Crippen molar-refractivity contribution in [3.8, 4) is 0 Å². The average Bonchev–Trinajstić information content (AvgIpc) is 3.02. The lowest BCUT2D eigenvalue weighted by Gasteiger charge is -2.21. The number of hydrogen-bond acceptors (Lipinski definition) is 3. The Bertz CT molecular complexity index is 656. The Morgan fingerprint density at radius 1 is 1.30 bits per heavy atom. The molecule has 0 unspecified atom stereocenters. The summed E-state index contributed by atoms with van der Waals surface area (Å²) in [5.41, 5.74) is 2.62. The van der Waals surface area contributed by atoms with E-state index in [2.05, 4.69) is 0 Å². The highest BCUT2D eigenvalue weighted by Gasteiger charge is 2.65. The van der Waals surface area contributed by atoms with Gasteiger partial charge in [-0.3, -0.25) is 0 Å². The van der Waals surface area contributed by atoms with E-state index in [9.17, 15) is 26.0 Å². The molecule has 1 fully saturated rings. The normalized spacial score (nSPS) is 18.1. The number of sulfonamides is 1. The van der Waals surface area contributed by atoms with E-state index in [1.165, 1.54) is 4.72 Å². The molecule has 1 aliphatic carbocycles. The molecule has 3 N–H and O–H groups in total. The number of hydrogen-bond donors (Lipinski definition) is 2. The fourth-order valence-electron chi connectivity index (χ4n) is 1.66. The molecule has 0 heterocycles. The summed E-state index contributed by atoms with van der Waals surface area (Å²) in [6.45, 7) is 0. The number of anilines is 1. The first-order valence-corrected chi connectivity index (χ1v) is 7.20. The maximum Gasteiger partial charge on any atom is 0.407 e. The van der Waals surface area contributed by atoms with Gasteiger partial charge in [0.2, 0.25) is 10.0 Å². The molecule has 1 aliphatic rings. The van der Waals surface area contributed by atoms with Gasteiger partial charge in [-0.15, -0.1) is 0 Å². The van der Waals surface area contributed by atoms with E-state index < -0.39 is 50.3 Å². The van der Waals surface area contributed by atoms with Crippen LogP contribution in [0.1, 0.15) is 12.8 Å². The van der Waals surface area contributed by atoms with Gasteiger partial charge < -0.3 is 5.73 Å². The highest BCUT2D eigenvalue weighted by molar-refractivity contribution is 7.89. The van der Waals surface area contributed by atoms with Gasteiger partial charge in [-0.2, -0.15) is 17.9 Å². The average molecular weight is 333 g/mol. The minimum Gasteiger partial charge on any atom is -0.399 e. The van der Waals surface area contributed by atoms with Gasteiger partial charge >= 0.3 is 6.18 Å². The second-order valence-electron chi connectivity index (χ2n) is 4.50. The number of nitrogens with one attached hydrogen (secondary N) is 1. The first-order valence-electron chi connectivity index (χ1n) is 5.34. The molecule has 0 atom stereocenters. The summed E-state index contributed by atoms with van der Waals surface area (Å²) >= 11 is 5.43. The number of alkyl halides is 3. The van der Waals surface area contributed by atoms with Gasteiger partial charge in [0, 0.05) is 5.69 Å². The van der Waals surface area contributed by atoms with Crippen LogP contribution in [0.2, 0.25) is 5.02 Å². The molecule has 2 rings (SSSR count). The van der Waals surface area contributed by atoms with Crippen molar-refractivity contribution in [1.82, 2.24) is 4.72 Å². The van der Waals surface area contributed by atoms with Gasteiger partial charge in [0.05, 0.1) is 5.02 Å². The summed E-state index contributed by atoms with van der Waals surface area (Å²) in [4.78, 5) is -1.00. The summed E-state index contributed by atoms with van der Waals surface area (Å²) in [7, 11) is -4.72. The predicted octanol–water partition coefficient (Wildman–Crippen LogP) is 2.43. The molecule has 20 heavy (non-hydrogen) atoms. The van der Waals surface area contributed by atoms with E-state index in [4.69, 9.17) is 17.3 Å². The van der Waals surface area contributed by atoms with Crippen LogP contribution in [0.15, 0.2) is 17.0 Å². The lowest BCUT2D eigenvalue weighted by molar-refractivity contribution is -0.160. The standard InChI is InChI=1S/C10H9ClF4N2O2S/c11-6-3-5(16)4-7(8(6)12)20(18,19)17-9(1-2-9)10(13,14)15/h3-4,17H,1-2,16H2. The summed E-state index contributed by atoms with van der Waals surface area (Å²) in [6, 6.07) is 1.68. The van der Waals surface area contributed by atoms with Crippen molar-refractivity contribution < 1.29 is 26.0 Å². The van der Waals surface area contributed by atoms with Crippen LogP contribution in [-0.2, 0) is 10.0 Å². The lowest BCUT2D eigenvalue weighted by Crippen LogP contribution is -2.47. The van der Waals surface area contributed by atoms with Gasteiger partial charge in [0.1, 0.15) is 10.4 Å². The molecule has 0 saturated heterocycles. The predicted molar refractivity (Wildman–Crippen MR) is 64.2 cm³/mol. The quantitative estimate of drug-likeness (QED) is 0.659. The highest BCUT2D eigenvalue weighted by atomic mass is 35.5. The van der Waals surface area contributed by atoms with Gasteiger partial charge in [-0.25, -0.2) is 12.8 Å². The van der Waals surface area contributed by atoms with Crippen LogP contribution >= 0.6 is 11.6 Å². The van der Waals surface area contributed by atoms with Gasteiger partial charge in [-0.05, 0) is 25.0 Å². The van der Waals surface area contributed by atoms with Crippen LogP contribution in [0.3, 0.4) is 0 Å². The molecule has 4 nitrogen and oxygen atoms in total. The third-order valence-corrected chi connectivity index (χ3v) is 4.74. The largest absolute Gasteiger partial charge is 0.407 e. The van der Waals surface area contributed by atoms with Crippen LogP contribution in [0.4, 0.5) is 23.2 Å². The Kier molecular flexibility index (Phi) is 3.43. The monoisotopic (exact) mass is 332 g/mol. The van der Waals surface area contributed by atoms with E-state index in [1.54, 1.807) is 0 Å². The fraction of sp³-hybridized carbons (Fsp3) is 0.400. The van der Waals surface area contributed by atoms with E-state index in [-0.39, 0.29) is 5.69 Å². The Hall–Kier alpha value is -1.06. The third kappa shape index (κ3) is 2.57. The zero-order valence-corrected chi connectivity index (χ0v) is 11.3. The molecule has 1 aromatic carbocycles. The topological polar surface area (TPSA) is 72.2 Å². The minimum atomic E-state index is -4.75. The van der Waals surface area contributed by atoms with Crippen molar-refractivity contribution in [1.29, 1.82) is 0 Å². The third-order valence-electron chi connectivity index (χ3n) is 2.93. The SMILES string of the molecule is Nc1cc(Cl)c(F)c(S(=O)(=O)NC2(C(F)(F)F)CC2)c1. The minimum absolute atomic E-state index is 0.173. The first-order chi connectivity index (χ1) is 8.98. The summed E-state index contributed by atoms with van der Waals surface area (Å²) in [5.74, 6) is -1.34. The molecule has 10 heteroatoms. The zero-order valence-electron chi connectivity index (χ0n) is 9.76. The zero-order chi connectivity index (χ0) is 15.3. The molecular weight excluding hydrogens is 324 g/mol. The molecule has 0 amide bonds. The number of halogens is 5. The summed E-state index contributed by atoms with van der Waals surface area (Å²) in [5, 5.41) is -0.581.